The van der Waals surface area contributed by atoms with Gasteiger partial charge in [-0.25, -0.2) is 4.98 Å². The fourth-order valence-electron chi connectivity index (χ4n) is 9.55. The van der Waals surface area contributed by atoms with Crippen LogP contribution >= 0.6 is 0 Å². The first-order valence-corrected chi connectivity index (χ1v) is 24.8. The fourth-order valence-corrected chi connectivity index (χ4v) is 9.55. The molecule has 0 radical (unpaired) electrons. The number of benzene rings is 7. The molecule has 0 amide bonds. The third kappa shape index (κ3) is 10.1. The summed E-state index contributed by atoms with van der Waals surface area (Å²) >= 11 is 0. The maximum Gasteiger partial charge on any atom is 0.149 e. The maximum absolute atomic E-state index is 12.7. The SMILES string of the molecule is [2H]c1c([2H])c(C(C([2H])([2H])[2H])(C([2H])([2H])[2H])C([2H])([2H])[2H])c([2H])c([2H])c1-c1ccnc(-c2cc(-c3cccc4c3nc(-c3cc(C(C)(C)C)cc(C(C)(C)C)c3O)n4-c3ccc(-c4c(-c5ccccc5)cccc4C(C)(C)C)cc3C([2H])([2H])[2H])cc(C(C)(C)C)c2)c1. The molecule has 2 heterocycles. The van der Waals surface area contributed by atoms with Crippen LogP contribution in [0.15, 0.2) is 158 Å². The molecule has 7 aromatic carbocycles. The molecule has 2 aromatic heterocycles. The van der Waals surface area contributed by atoms with E-state index in [-0.39, 0.29) is 27.9 Å². The van der Waals surface area contributed by atoms with Gasteiger partial charge < -0.3 is 5.11 Å². The molecular formula is C69H75N3O. The van der Waals surface area contributed by atoms with Crippen LogP contribution in [0, 0.1) is 6.85 Å². The highest BCUT2D eigenvalue weighted by Gasteiger charge is 2.30. The summed E-state index contributed by atoms with van der Waals surface area (Å²) in [5, 5.41) is 12.7. The van der Waals surface area contributed by atoms with Crippen molar-refractivity contribution in [3.8, 4) is 78.6 Å². The Morgan fingerprint density at radius 1 is 0.479 bits per heavy atom. The second-order valence-corrected chi connectivity index (χ2v) is 23.4. The molecule has 0 aliphatic carbocycles. The number of fused-ring (bicyclic) bond motifs is 1. The standard InChI is InChI=1S/C69H75N3O/c1-43-36-47(61-53(45-22-18-17-19-23-45)24-20-26-56(61)68(11,12)13)30-33-59(43)72-60-27-21-25-54(62(60)71-64(72)55-41-52(67(8,9)10)42-57(63(55)73)69(14,15)16)48-37-49(39-51(38-48)66(5,6)7)58-40-46(34-35-70-58)44-28-31-50(32-29-44)65(2,3)4/h17-42,73H,1-16H3/i1D3,2D3,3D3,4D3,28D,29D,31D,32D. The van der Waals surface area contributed by atoms with Crippen molar-refractivity contribution in [3.63, 3.8) is 0 Å². The van der Waals surface area contributed by atoms with Crippen molar-refractivity contribution >= 4 is 11.0 Å². The zero-order chi connectivity index (χ0) is 66.1. The molecule has 0 bridgehead atoms. The molecule has 372 valence electrons. The summed E-state index contributed by atoms with van der Waals surface area (Å²) in [5.41, 5.74) is 3.79. The molecule has 0 atom stereocenters. The van der Waals surface area contributed by atoms with E-state index in [9.17, 15) is 12.0 Å². The summed E-state index contributed by atoms with van der Waals surface area (Å²) in [7, 11) is 0. The summed E-state index contributed by atoms with van der Waals surface area (Å²) in [5.74, 6) is 0.286. The second kappa shape index (κ2) is 18.5. The molecule has 0 spiro atoms. The number of hydrogen-bond donors (Lipinski definition) is 1. The average molecular weight is 978 g/mol. The lowest BCUT2D eigenvalue weighted by Crippen LogP contribution is -2.17. The molecule has 0 unspecified atom stereocenters. The zero-order valence-electron chi connectivity index (χ0n) is 60.0. The molecule has 0 saturated heterocycles. The number of imidazole rings is 1. The summed E-state index contributed by atoms with van der Waals surface area (Å²) in [6.45, 7) is 10.7. The fraction of sp³-hybridized carbons (Fsp3) is 0.304. The molecule has 0 fully saturated rings. The number of aryl methyl sites for hydroxylation is 1. The van der Waals surface area contributed by atoms with Crippen LogP contribution in [0.1, 0.15) is 159 Å². The first-order valence-electron chi connectivity index (χ1n) is 32.8. The first kappa shape index (κ1) is 34.4. The summed E-state index contributed by atoms with van der Waals surface area (Å²) in [6, 6.07) is 36.3. The number of pyridine rings is 1. The molecule has 9 aromatic rings. The summed E-state index contributed by atoms with van der Waals surface area (Å²) in [4.78, 5) is 10.3. The minimum Gasteiger partial charge on any atom is -0.507 e. The number of hydrogen-bond acceptors (Lipinski definition) is 3. The van der Waals surface area contributed by atoms with Crippen LogP contribution in [0.2, 0.25) is 0 Å². The molecule has 0 aliphatic heterocycles. The van der Waals surface area contributed by atoms with Crippen molar-refractivity contribution < 1.29 is 27.0 Å². The van der Waals surface area contributed by atoms with Crippen molar-refractivity contribution in [3.05, 3.63) is 191 Å². The number of aromatic nitrogens is 3. The van der Waals surface area contributed by atoms with Crippen molar-refractivity contribution in [2.45, 2.75) is 138 Å². The lowest BCUT2D eigenvalue weighted by Gasteiger charge is -2.28. The molecule has 0 saturated carbocycles. The minimum absolute atomic E-state index is 0.00668. The average Bonchev–Trinajstić information content (AvgIpc) is 1.11. The van der Waals surface area contributed by atoms with E-state index < -0.39 is 78.8 Å². The van der Waals surface area contributed by atoms with Crippen LogP contribution in [0.3, 0.4) is 0 Å². The predicted octanol–water partition coefficient (Wildman–Crippen LogP) is 18.9. The number of rotatable bonds is 7. The molecule has 0 aliphatic rings. The van der Waals surface area contributed by atoms with Gasteiger partial charge in [-0.2, -0.15) is 0 Å². The van der Waals surface area contributed by atoms with Crippen molar-refractivity contribution in [1.82, 2.24) is 14.5 Å². The van der Waals surface area contributed by atoms with Crippen LogP contribution < -0.4 is 0 Å². The van der Waals surface area contributed by atoms with E-state index in [4.69, 9.17) is 25.0 Å². The molecule has 9 rings (SSSR count). The van der Waals surface area contributed by atoms with E-state index in [0.29, 0.717) is 61.6 Å². The maximum atomic E-state index is 12.7. The Bertz CT molecular complexity index is 4170. The summed E-state index contributed by atoms with van der Waals surface area (Å²) in [6.07, 6.45) is 1.41. The van der Waals surface area contributed by atoms with Crippen LogP contribution in [-0.2, 0) is 27.1 Å². The third-order valence-electron chi connectivity index (χ3n) is 13.6. The zero-order valence-corrected chi connectivity index (χ0v) is 44.0. The lowest BCUT2D eigenvalue weighted by molar-refractivity contribution is 0.446. The van der Waals surface area contributed by atoms with Gasteiger partial charge >= 0.3 is 0 Å². The number of phenols is 1. The van der Waals surface area contributed by atoms with Crippen LogP contribution in [0.4, 0.5) is 0 Å². The number of nitrogens with zero attached hydrogens (tertiary/aromatic N) is 3. The van der Waals surface area contributed by atoms with Crippen LogP contribution in [0.25, 0.3) is 83.9 Å². The van der Waals surface area contributed by atoms with E-state index in [2.05, 4.69) is 53.7 Å². The van der Waals surface area contributed by atoms with Crippen LogP contribution in [0.5, 0.6) is 5.75 Å². The van der Waals surface area contributed by atoms with Gasteiger partial charge in [0.15, 0.2) is 0 Å². The first-order chi connectivity index (χ1) is 40.8. The molecule has 4 nitrogen and oxygen atoms in total. The van der Waals surface area contributed by atoms with Gasteiger partial charge in [0.2, 0.25) is 0 Å². The third-order valence-corrected chi connectivity index (χ3v) is 13.6. The molecule has 73 heavy (non-hydrogen) atoms. The quantitative estimate of drug-likeness (QED) is 0.173. The largest absolute Gasteiger partial charge is 0.507 e. The highest BCUT2D eigenvalue weighted by molar-refractivity contribution is 5.97. The van der Waals surface area contributed by atoms with Crippen molar-refractivity contribution in [2.75, 3.05) is 0 Å². The molecule has 1 N–H and O–H groups in total. The number of para-hydroxylation sites is 1. The Labute approximate surface area is 458 Å². The van der Waals surface area contributed by atoms with E-state index in [1.807, 2.05) is 143 Å². The van der Waals surface area contributed by atoms with Crippen molar-refractivity contribution in [2.24, 2.45) is 0 Å². The smallest absolute Gasteiger partial charge is 0.149 e. The Hall–Kier alpha value is -7.04. The van der Waals surface area contributed by atoms with E-state index in [1.54, 1.807) is 6.07 Å². The number of phenolic OH excluding ortho intramolecular Hbond substituents is 1. The Balaban J connectivity index is 1.33. The van der Waals surface area contributed by atoms with E-state index in [0.717, 1.165) is 33.4 Å². The highest BCUT2D eigenvalue weighted by atomic mass is 16.3. The normalized spacial score (nSPS) is 16.6. The van der Waals surface area contributed by atoms with Gasteiger partial charge in [-0.1, -0.05) is 207 Å². The molecular weight excluding hydrogens is 887 g/mol. The van der Waals surface area contributed by atoms with Gasteiger partial charge in [0.05, 0.1) is 33.5 Å². The Kier molecular flexibility index (Phi) is 8.70. The van der Waals surface area contributed by atoms with Gasteiger partial charge in [-0.05, 0) is 149 Å². The van der Waals surface area contributed by atoms with E-state index in [1.165, 1.54) is 18.3 Å². The topological polar surface area (TPSA) is 50.9 Å². The van der Waals surface area contributed by atoms with E-state index >= 15 is 0 Å². The predicted molar refractivity (Wildman–Crippen MR) is 311 cm³/mol. The molecule has 4 heteroatoms. The highest BCUT2D eigenvalue weighted by Crippen LogP contribution is 2.47. The Morgan fingerprint density at radius 3 is 1.79 bits per heavy atom. The van der Waals surface area contributed by atoms with Gasteiger partial charge in [-0.15, -0.1) is 0 Å². The van der Waals surface area contributed by atoms with Crippen molar-refractivity contribution in [1.29, 1.82) is 0 Å². The number of aromatic hydroxyl groups is 1. The van der Waals surface area contributed by atoms with Gasteiger partial charge in [0.1, 0.15) is 11.6 Å². The second-order valence-electron chi connectivity index (χ2n) is 23.4. The Morgan fingerprint density at radius 2 is 1.14 bits per heavy atom. The van der Waals surface area contributed by atoms with Gasteiger partial charge in [0.25, 0.3) is 0 Å². The summed E-state index contributed by atoms with van der Waals surface area (Å²) < 4.78 is 141. The van der Waals surface area contributed by atoms with Gasteiger partial charge in [-0.3, -0.25) is 9.55 Å². The lowest BCUT2D eigenvalue weighted by atomic mass is 9.78. The monoisotopic (exact) mass is 978 g/mol. The minimum atomic E-state index is -3.84. The van der Waals surface area contributed by atoms with Crippen LogP contribution in [-0.4, -0.2) is 19.6 Å². The van der Waals surface area contributed by atoms with Gasteiger partial charge in [0, 0.05) is 39.3 Å².